The van der Waals surface area contributed by atoms with E-state index in [1.54, 1.807) is 4.90 Å². The van der Waals surface area contributed by atoms with Crippen molar-refractivity contribution in [3.8, 4) is 0 Å². The van der Waals surface area contributed by atoms with Crippen molar-refractivity contribution in [2.24, 2.45) is 17.8 Å². The molecule has 1 saturated carbocycles. The topological polar surface area (TPSA) is 8.88 Å². The quantitative estimate of drug-likeness (QED) is 0.749. The smallest absolute Gasteiger partial charge is 0.127 e. The molecule has 0 unspecified atom stereocenters. The minimum absolute atomic E-state index is 0.926. The van der Waals surface area contributed by atoms with E-state index in [-0.39, 0.29) is 0 Å². The fourth-order valence-electron chi connectivity index (χ4n) is 4.83. The molecule has 3 atom stereocenters. The molecule has 2 fully saturated rings. The summed E-state index contributed by atoms with van der Waals surface area (Å²) in [7, 11) is 0. The van der Waals surface area contributed by atoms with Crippen molar-refractivity contribution >= 4 is 0 Å². The highest BCUT2D eigenvalue weighted by Crippen LogP contribution is 2.42. The number of rotatable bonds is 4. The molecule has 1 aliphatic heterocycles. The van der Waals surface area contributed by atoms with E-state index in [0.29, 0.717) is 0 Å². The third kappa shape index (κ3) is 3.13. The van der Waals surface area contributed by atoms with Crippen LogP contribution in [0.2, 0.25) is 0 Å². The first-order valence-corrected chi connectivity index (χ1v) is 9.17. The normalized spacial score (nSPS) is 36.9. The third-order valence-corrected chi connectivity index (χ3v) is 6.21. The highest BCUT2D eigenvalue weighted by Gasteiger charge is 2.38. The van der Waals surface area contributed by atoms with E-state index < -0.39 is 0 Å². The first-order valence-electron chi connectivity index (χ1n) is 9.17. The maximum Gasteiger partial charge on any atom is 0.127 e. The molecule has 1 aromatic carbocycles. The molecule has 2 nitrogen and oxygen atoms in total. The standard InChI is InChI=1S/C20H28N2/c1-16-2-4-17(5-3-16)14-21-8-10-22(11-9-21)15-20-13-18-6-7-19(20)12-18/h2-7,18-20H,8-15H2,1H3/p+2/t18-,19-,20+/m0/s1. The van der Waals surface area contributed by atoms with Gasteiger partial charge in [-0.05, 0) is 31.6 Å². The Kier molecular flexibility index (Phi) is 4.06. The molecule has 0 aromatic heterocycles. The SMILES string of the molecule is Cc1ccc(C[NH+]2CC[NH+](C[C@H]3C[C@H]4C=C[C@H]3C4)CC2)cc1. The van der Waals surface area contributed by atoms with Gasteiger partial charge in [0.25, 0.3) is 0 Å². The Labute approximate surface area is 134 Å². The Balaban J connectivity index is 1.24. The lowest BCUT2D eigenvalue weighted by molar-refractivity contribution is -1.02. The maximum atomic E-state index is 2.51. The zero-order chi connectivity index (χ0) is 14.9. The molecule has 0 amide bonds. The van der Waals surface area contributed by atoms with Gasteiger partial charge in [0.2, 0.25) is 0 Å². The van der Waals surface area contributed by atoms with Crippen LogP contribution in [0.3, 0.4) is 0 Å². The van der Waals surface area contributed by atoms with E-state index in [0.717, 1.165) is 17.8 Å². The molecule has 2 heteroatoms. The molecule has 1 heterocycles. The molecule has 2 aliphatic carbocycles. The monoisotopic (exact) mass is 298 g/mol. The second kappa shape index (κ2) is 6.17. The summed E-state index contributed by atoms with van der Waals surface area (Å²) in [6, 6.07) is 9.12. The number of fused-ring (bicyclic) bond motifs is 2. The highest BCUT2D eigenvalue weighted by atomic mass is 15.3. The Hall–Kier alpha value is -1.12. The predicted molar refractivity (Wildman–Crippen MR) is 90.0 cm³/mol. The van der Waals surface area contributed by atoms with Crippen LogP contribution in [0.15, 0.2) is 36.4 Å². The van der Waals surface area contributed by atoms with Crippen molar-refractivity contribution in [3.05, 3.63) is 47.5 Å². The lowest BCUT2D eigenvalue weighted by atomic mass is 9.93. The van der Waals surface area contributed by atoms with Crippen molar-refractivity contribution in [1.82, 2.24) is 0 Å². The minimum Gasteiger partial charge on any atom is -0.325 e. The lowest BCUT2D eigenvalue weighted by Gasteiger charge is -2.32. The molecule has 118 valence electrons. The molecule has 2 bridgehead atoms. The van der Waals surface area contributed by atoms with Gasteiger partial charge in [-0.15, -0.1) is 0 Å². The lowest BCUT2D eigenvalue weighted by Crippen LogP contribution is -3.27. The van der Waals surface area contributed by atoms with Crippen LogP contribution in [0.5, 0.6) is 0 Å². The van der Waals surface area contributed by atoms with Crippen LogP contribution < -0.4 is 9.80 Å². The van der Waals surface area contributed by atoms with Crippen molar-refractivity contribution < 1.29 is 9.80 Å². The van der Waals surface area contributed by atoms with Crippen molar-refractivity contribution in [1.29, 1.82) is 0 Å². The zero-order valence-electron chi connectivity index (χ0n) is 13.9. The van der Waals surface area contributed by atoms with Crippen LogP contribution in [0.25, 0.3) is 0 Å². The maximum absolute atomic E-state index is 2.51. The highest BCUT2D eigenvalue weighted by molar-refractivity contribution is 5.20. The molecule has 1 saturated heterocycles. The van der Waals surface area contributed by atoms with Crippen LogP contribution >= 0.6 is 0 Å². The number of hydrogen-bond donors (Lipinski definition) is 2. The Bertz CT molecular complexity index is 525. The van der Waals surface area contributed by atoms with Crippen LogP contribution in [0.1, 0.15) is 24.0 Å². The number of benzene rings is 1. The summed E-state index contributed by atoms with van der Waals surface area (Å²) in [6.45, 7) is 10.3. The molecule has 22 heavy (non-hydrogen) atoms. The van der Waals surface area contributed by atoms with Crippen molar-refractivity contribution in [2.45, 2.75) is 26.3 Å². The van der Waals surface area contributed by atoms with E-state index in [1.807, 2.05) is 4.90 Å². The van der Waals surface area contributed by atoms with E-state index in [9.17, 15) is 0 Å². The molecular formula is C20H30N2+2. The van der Waals surface area contributed by atoms with Gasteiger partial charge < -0.3 is 9.80 Å². The Morgan fingerprint density at radius 1 is 0.909 bits per heavy atom. The molecular weight excluding hydrogens is 268 g/mol. The third-order valence-electron chi connectivity index (χ3n) is 6.21. The van der Waals surface area contributed by atoms with Gasteiger partial charge in [-0.25, -0.2) is 0 Å². The zero-order valence-corrected chi connectivity index (χ0v) is 13.9. The summed E-state index contributed by atoms with van der Waals surface area (Å²) in [5, 5.41) is 0. The second-order valence-electron chi connectivity index (χ2n) is 7.91. The van der Waals surface area contributed by atoms with Gasteiger partial charge in [0, 0.05) is 11.5 Å². The summed E-state index contributed by atoms with van der Waals surface area (Å²) in [5.41, 5.74) is 2.87. The van der Waals surface area contributed by atoms with Crippen LogP contribution in [-0.4, -0.2) is 32.7 Å². The van der Waals surface area contributed by atoms with Crippen LogP contribution in [0.4, 0.5) is 0 Å². The summed E-state index contributed by atoms with van der Waals surface area (Å²) in [5.74, 6) is 2.85. The molecule has 0 radical (unpaired) electrons. The van der Waals surface area contributed by atoms with Gasteiger partial charge in [0.1, 0.15) is 32.7 Å². The van der Waals surface area contributed by atoms with Gasteiger partial charge in [-0.1, -0.05) is 42.0 Å². The van der Waals surface area contributed by atoms with Gasteiger partial charge in [-0.3, -0.25) is 0 Å². The van der Waals surface area contributed by atoms with Gasteiger partial charge in [-0.2, -0.15) is 0 Å². The Morgan fingerprint density at radius 2 is 1.64 bits per heavy atom. The number of nitrogens with one attached hydrogen (secondary N) is 2. The summed E-state index contributed by atoms with van der Waals surface area (Å²) >= 11 is 0. The molecule has 0 spiro atoms. The summed E-state index contributed by atoms with van der Waals surface area (Å²) < 4.78 is 0. The van der Waals surface area contributed by atoms with E-state index in [2.05, 4.69) is 43.3 Å². The largest absolute Gasteiger partial charge is 0.325 e. The minimum atomic E-state index is 0.926. The van der Waals surface area contributed by atoms with Crippen molar-refractivity contribution in [2.75, 3.05) is 32.7 Å². The fourth-order valence-corrected chi connectivity index (χ4v) is 4.83. The average molecular weight is 298 g/mol. The van der Waals surface area contributed by atoms with Crippen LogP contribution in [-0.2, 0) is 6.54 Å². The van der Waals surface area contributed by atoms with E-state index in [4.69, 9.17) is 0 Å². The fraction of sp³-hybridized carbons (Fsp3) is 0.600. The summed E-state index contributed by atoms with van der Waals surface area (Å²) in [6.07, 6.45) is 7.92. The number of hydrogen-bond acceptors (Lipinski definition) is 0. The Morgan fingerprint density at radius 3 is 2.27 bits per heavy atom. The number of allylic oxidation sites excluding steroid dienone is 2. The van der Waals surface area contributed by atoms with Crippen molar-refractivity contribution in [3.63, 3.8) is 0 Å². The van der Waals surface area contributed by atoms with E-state index in [1.165, 1.54) is 63.2 Å². The second-order valence-corrected chi connectivity index (χ2v) is 7.91. The first-order chi connectivity index (χ1) is 10.8. The number of aryl methyl sites for hydroxylation is 1. The first kappa shape index (κ1) is 14.5. The molecule has 3 aliphatic rings. The summed E-state index contributed by atoms with van der Waals surface area (Å²) in [4.78, 5) is 3.65. The molecule has 4 rings (SSSR count). The molecule has 1 aromatic rings. The average Bonchev–Trinajstić information content (AvgIpc) is 3.14. The van der Waals surface area contributed by atoms with Crippen LogP contribution in [0, 0.1) is 24.7 Å². The van der Waals surface area contributed by atoms with Gasteiger partial charge >= 0.3 is 0 Å². The number of piperazine rings is 1. The molecule has 2 N–H and O–H groups in total. The predicted octanol–water partition coefficient (Wildman–Crippen LogP) is 0.491. The number of quaternary nitrogens is 2. The van der Waals surface area contributed by atoms with Gasteiger partial charge in [0.05, 0.1) is 6.54 Å². The van der Waals surface area contributed by atoms with E-state index >= 15 is 0 Å². The van der Waals surface area contributed by atoms with Gasteiger partial charge in [0.15, 0.2) is 0 Å².